The molecule has 11 nitrogen and oxygen atoms in total. The highest BCUT2D eigenvalue weighted by Gasteiger charge is 2.28. The molecule has 36 heavy (non-hydrogen) atoms. The number of aromatic amines is 1. The summed E-state index contributed by atoms with van der Waals surface area (Å²) in [6, 6.07) is 7.70. The highest BCUT2D eigenvalue weighted by Crippen LogP contribution is 2.49. The molecule has 1 aromatic carbocycles. The Bertz CT molecular complexity index is 1290. The minimum Gasteiger partial charge on any atom is -0.369 e. The second-order valence-electron chi connectivity index (χ2n) is 8.60. The predicted molar refractivity (Wildman–Crippen MR) is 138 cm³/mol. The lowest BCUT2D eigenvalue weighted by molar-refractivity contribution is -0.116. The molecule has 2 aromatic heterocycles. The van der Waals surface area contributed by atoms with Gasteiger partial charge in [-0.15, -0.1) is 0 Å². The largest absolute Gasteiger partial charge is 0.369 e. The number of fused-ring (bicyclic) bond motifs is 1. The van der Waals surface area contributed by atoms with Gasteiger partial charge in [-0.1, -0.05) is 48.0 Å². The minimum atomic E-state index is -3.61. The number of ether oxygens (including phenoxy) is 1. The minimum absolute atomic E-state index is 0.00812. The van der Waals surface area contributed by atoms with E-state index in [0.717, 1.165) is 30.4 Å². The van der Waals surface area contributed by atoms with Gasteiger partial charge in [0.25, 0.3) is 5.56 Å². The summed E-state index contributed by atoms with van der Waals surface area (Å²) in [5.41, 5.74) is 7.68. The van der Waals surface area contributed by atoms with Gasteiger partial charge in [0, 0.05) is 18.2 Å². The summed E-state index contributed by atoms with van der Waals surface area (Å²) in [5, 5.41) is 0.164. The number of aromatic nitrogens is 4. The second-order valence-corrected chi connectivity index (χ2v) is 11.7. The maximum absolute atomic E-state index is 13.4. The van der Waals surface area contributed by atoms with Crippen LogP contribution in [0.25, 0.3) is 11.2 Å². The van der Waals surface area contributed by atoms with Gasteiger partial charge in [0.1, 0.15) is 6.35 Å². The van der Waals surface area contributed by atoms with Gasteiger partial charge in [0.05, 0.1) is 26.1 Å². The summed E-state index contributed by atoms with van der Waals surface area (Å²) in [5.74, 6) is 0.532. The van der Waals surface area contributed by atoms with Crippen LogP contribution < -0.4 is 11.3 Å². The van der Waals surface area contributed by atoms with Crippen molar-refractivity contribution in [1.29, 1.82) is 0 Å². The number of carbonyl (C=O) groups excluding carboxylic acids is 1. The number of benzene rings is 1. The number of aryl methyl sites for hydroxylation is 1. The summed E-state index contributed by atoms with van der Waals surface area (Å²) in [7, 11) is -3.61. The van der Waals surface area contributed by atoms with Gasteiger partial charge in [-0.2, -0.15) is 4.98 Å². The van der Waals surface area contributed by atoms with Crippen molar-refractivity contribution in [2.75, 3.05) is 31.0 Å². The summed E-state index contributed by atoms with van der Waals surface area (Å²) in [6.45, 7) is 2.65. The molecule has 1 aliphatic rings. The number of H-pyrrole nitrogens is 1. The molecule has 0 radical (unpaired) electrons. The molecule has 1 atom stereocenters. The number of hydrogen-bond acceptors (Lipinski definition) is 10. The van der Waals surface area contributed by atoms with E-state index in [1.54, 1.807) is 4.57 Å². The maximum atomic E-state index is 13.4. The van der Waals surface area contributed by atoms with E-state index in [-0.39, 0.29) is 48.7 Å². The molecule has 3 aromatic rings. The Hall–Kier alpha value is -2.50. The highest BCUT2D eigenvalue weighted by molar-refractivity contribution is 8.13. The zero-order valence-corrected chi connectivity index (χ0v) is 21.8. The van der Waals surface area contributed by atoms with Crippen LogP contribution in [0.3, 0.4) is 0 Å². The number of nitrogens with one attached hydrogen (secondary N) is 1. The molecule has 0 spiro atoms. The molecule has 4 rings (SSSR count). The molecule has 0 bridgehead atoms. The first-order chi connectivity index (χ1) is 17.3. The number of nitrogen functional groups attached to an aromatic ring is 1. The summed E-state index contributed by atoms with van der Waals surface area (Å²) < 4.78 is 32.0. The molecular weight excluding hydrogens is 505 g/mol. The van der Waals surface area contributed by atoms with Gasteiger partial charge in [0.15, 0.2) is 16.3 Å². The number of rotatable bonds is 13. The summed E-state index contributed by atoms with van der Waals surface area (Å²) >= 11 is 1.21. The van der Waals surface area contributed by atoms with E-state index < -0.39 is 13.2 Å². The van der Waals surface area contributed by atoms with Crippen molar-refractivity contribution >= 4 is 41.6 Å². The molecule has 0 saturated heterocycles. The summed E-state index contributed by atoms with van der Waals surface area (Å²) in [6.07, 6.45) is 4.20. The molecule has 13 heteroatoms. The maximum Gasteiger partial charge on any atom is 0.356 e. The fourth-order valence-electron chi connectivity index (χ4n) is 3.52. The molecule has 0 aliphatic heterocycles. The number of anilines is 1. The van der Waals surface area contributed by atoms with Crippen molar-refractivity contribution in [2.24, 2.45) is 5.92 Å². The third kappa shape index (κ3) is 7.04. The van der Waals surface area contributed by atoms with Crippen molar-refractivity contribution in [1.82, 2.24) is 19.5 Å². The van der Waals surface area contributed by atoms with Gasteiger partial charge in [-0.3, -0.25) is 19.1 Å². The topological polar surface area (TPSA) is 151 Å². The molecule has 1 unspecified atom stereocenters. The fraction of sp³-hybridized carbons (Fsp3) is 0.478. The van der Waals surface area contributed by atoms with Crippen LogP contribution in [0, 0.1) is 12.8 Å². The predicted octanol–water partition coefficient (Wildman–Crippen LogP) is 3.47. The molecule has 1 aliphatic carbocycles. The Morgan fingerprint density at radius 1 is 1.25 bits per heavy atom. The van der Waals surface area contributed by atoms with Crippen LogP contribution in [0.15, 0.2) is 35.4 Å². The number of thioether (sulfide) groups is 1. The first-order valence-corrected chi connectivity index (χ1v) is 14.4. The van der Waals surface area contributed by atoms with E-state index >= 15 is 0 Å². The monoisotopic (exact) mass is 535 g/mol. The van der Waals surface area contributed by atoms with Crippen molar-refractivity contribution < 1.29 is 23.1 Å². The van der Waals surface area contributed by atoms with Crippen LogP contribution in [0.1, 0.15) is 30.4 Å². The van der Waals surface area contributed by atoms with Crippen molar-refractivity contribution in [3.63, 3.8) is 0 Å². The normalized spacial score (nSPS) is 15.6. The van der Waals surface area contributed by atoms with E-state index in [9.17, 15) is 14.2 Å². The average Bonchev–Trinajstić information content (AvgIpc) is 3.21. The molecular formula is C23H30N5O6PS. The smallest absolute Gasteiger partial charge is 0.356 e. The van der Waals surface area contributed by atoms with Crippen LogP contribution in [-0.2, 0) is 36.3 Å². The third-order valence-corrected chi connectivity index (χ3v) is 8.41. The molecule has 1 fully saturated rings. The second kappa shape index (κ2) is 12.2. The van der Waals surface area contributed by atoms with Crippen LogP contribution in [0.5, 0.6) is 0 Å². The van der Waals surface area contributed by atoms with E-state index in [0.29, 0.717) is 17.9 Å². The van der Waals surface area contributed by atoms with Gasteiger partial charge in [-0.25, -0.2) is 4.98 Å². The van der Waals surface area contributed by atoms with Crippen molar-refractivity contribution in [3.8, 4) is 0 Å². The van der Waals surface area contributed by atoms with Crippen molar-refractivity contribution in [3.05, 3.63) is 52.1 Å². The third-order valence-electron chi connectivity index (χ3n) is 5.82. The van der Waals surface area contributed by atoms with E-state index in [2.05, 4.69) is 15.0 Å². The number of nitrogens with two attached hydrogens (primary N) is 1. The highest BCUT2D eigenvalue weighted by atomic mass is 32.2. The standard InChI is InChI=1S/C23H30N5O6PS/c1-16-5-7-17(8-6-16)13-34-35(31,33-11-12-36-22(30)18-3-2-4-18)15-32-10-9-28-14-25-19-20(28)26-23(24)27-21(19)29/h5-8,14,18H,2-4,9-13,15H2,1H3,(H3,24,26,27,29). The fourth-order valence-corrected chi connectivity index (χ4v) is 5.78. The van der Waals surface area contributed by atoms with Crippen LogP contribution in [-0.4, -0.2) is 49.9 Å². The first-order valence-electron chi connectivity index (χ1n) is 11.7. The lowest BCUT2D eigenvalue weighted by Crippen LogP contribution is -2.20. The molecule has 2 heterocycles. The average molecular weight is 536 g/mol. The van der Waals surface area contributed by atoms with Crippen LogP contribution in [0.2, 0.25) is 0 Å². The van der Waals surface area contributed by atoms with Gasteiger partial charge >= 0.3 is 7.60 Å². The Kier molecular flexibility index (Phi) is 8.97. The quantitative estimate of drug-likeness (QED) is 0.246. The number of carbonyl (C=O) groups is 1. The first kappa shape index (κ1) is 26.6. The Morgan fingerprint density at radius 2 is 2.03 bits per heavy atom. The van der Waals surface area contributed by atoms with Gasteiger partial charge in [0.2, 0.25) is 5.95 Å². The zero-order chi connectivity index (χ0) is 25.5. The van der Waals surface area contributed by atoms with Gasteiger partial charge in [-0.05, 0) is 25.3 Å². The molecule has 1 saturated carbocycles. The molecule has 0 amide bonds. The molecule has 194 valence electrons. The number of hydrogen-bond donors (Lipinski definition) is 2. The zero-order valence-electron chi connectivity index (χ0n) is 20.1. The number of nitrogens with zero attached hydrogens (tertiary/aromatic N) is 3. The van der Waals surface area contributed by atoms with Crippen LogP contribution >= 0.6 is 19.4 Å². The van der Waals surface area contributed by atoms with Crippen molar-refractivity contribution in [2.45, 2.75) is 39.3 Å². The lowest BCUT2D eigenvalue weighted by atomic mass is 9.87. The SMILES string of the molecule is Cc1ccc(COP(=O)(COCCn2cnc3c(=O)[nH]c(N)nc32)OCCSC(=O)C2CCC2)cc1. The molecule has 3 N–H and O–H groups in total. The lowest BCUT2D eigenvalue weighted by Gasteiger charge is -2.23. The van der Waals surface area contributed by atoms with E-state index in [1.165, 1.54) is 18.1 Å². The Balaban J connectivity index is 1.31. The Labute approximate surface area is 212 Å². The van der Waals surface area contributed by atoms with E-state index in [4.69, 9.17) is 19.5 Å². The summed E-state index contributed by atoms with van der Waals surface area (Å²) in [4.78, 5) is 34.6. The Morgan fingerprint density at radius 3 is 2.75 bits per heavy atom. The number of imidazole rings is 1. The van der Waals surface area contributed by atoms with Crippen LogP contribution in [0.4, 0.5) is 5.95 Å². The van der Waals surface area contributed by atoms with E-state index in [1.807, 2.05) is 31.2 Å². The van der Waals surface area contributed by atoms with Gasteiger partial charge < -0.3 is 24.1 Å².